The van der Waals surface area contributed by atoms with Crippen molar-refractivity contribution in [2.45, 2.75) is 19.3 Å². The van der Waals surface area contributed by atoms with E-state index in [1.165, 1.54) is 0 Å². The molecule has 130 valence electrons. The summed E-state index contributed by atoms with van der Waals surface area (Å²) in [7, 11) is 4.07. The Labute approximate surface area is 149 Å². The summed E-state index contributed by atoms with van der Waals surface area (Å²) in [4.78, 5) is 25.2. The predicted molar refractivity (Wildman–Crippen MR) is 101 cm³/mol. The summed E-state index contributed by atoms with van der Waals surface area (Å²) in [6, 6.07) is 8.01. The molecule has 25 heavy (non-hydrogen) atoms. The molecule has 2 aromatic heterocycles. The second kappa shape index (κ2) is 7.47. The molecule has 0 saturated carbocycles. The fraction of sp³-hybridized carbons (Fsp3) is 0.350. The lowest BCUT2D eigenvalue weighted by Gasteiger charge is -2.18. The average Bonchev–Trinajstić information content (AvgIpc) is 3.10. The number of carbonyl (C=O) groups is 1. The van der Waals surface area contributed by atoms with E-state index in [2.05, 4.69) is 22.0 Å². The Morgan fingerprint density at radius 2 is 2.20 bits per heavy atom. The Hall–Kier alpha value is -2.69. The highest BCUT2D eigenvalue weighted by molar-refractivity contribution is 5.92. The first-order chi connectivity index (χ1) is 12.0. The van der Waals surface area contributed by atoms with Crippen molar-refractivity contribution >= 4 is 17.7 Å². The van der Waals surface area contributed by atoms with Gasteiger partial charge in [0.1, 0.15) is 0 Å². The summed E-state index contributed by atoms with van der Waals surface area (Å²) in [5.74, 6) is 0.348. The minimum atomic E-state index is 0.0480. The Morgan fingerprint density at radius 1 is 1.36 bits per heavy atom. The SMILES string of the molecule is Cc1cc(N(C)C)cc(C2CCN(C(=O)/C=C/c3cccnc3)C2)n1. The van der Waals surface area contributed by atoms with Gasteiger partial charge in [0.25, 0.3) is 0 Å². The number of aromatic nitrogens is 2. The number of carbonyl (C=O) groups excluding carboxylic acids is 1. The number of hydrogen-bond donors (Lipinski definition) is 0. The lowest BCUT2D eigenvalue weighted by molar-refractivity contribution is -0.124. The van der Waals surface area contributed by atoms with Gasteiger partial charge in [0, 0.05) is 68.6 Å². The molecular formula is C20H24N4O. The van der Waals surface area contributed by atoms with E-state index in [9.17, 15) is 4.79 Å². The van der Waals surface area contributed by atoms with Gasteiger partial charge >= 0.3 is 0 Å². The Morgan fingerprint density at radius 3 is 2.92 bits per heavy atom. The third kappa shape index (κ3) is 4.24. The van der Waals surface area contributed by atoms with Gasteiger partial charge in [0.15, 0.2) is 0 Å². The molecule has 0 aromatic carbocycles. The van der Waals surface area contributed by atoms with Crippen LogP contribution in [0, 0.1) is 6.92 Å². The number of likely N-dealkylation sites (tertiary alicyclic amines) is 1. The summed E-state index contributed by atoms with van der Waals surface area (Å²) in [6.07, 6.45) is 7.87. The standard InChI is InChI=1S/C20H24N4O/c1-15-11-18(23(2)3)12-19(22-15)17-8-10-24(14-17)20(25)7-6-16-5-4-9-21-13-16/h4-7,9,11-13,17H,8,10,14H2,1-3H3/b7-6+. The zero-order chi connectivity index (χ0) is 17.8. The average molecular weight is 336 g/mol. The van der Waals surface area contributed by atoms with E-state index in [0.29, 0.717) is 5.92 Å². The van der Waals surface area contributed by atoms with Crippen molar-refractivity contribution in [3.63, 3.8) is 0 Å². The number of hydrogen-bond acceptors (Lipinski definition) is 4. The van der Waals surface area contributed by atoms with Gasteiger partial charge < -0.3 is 9.80 Å². The van der Waals surface area contributed by atoms with Gasteiger partial charge in [-0.15, -0.1) is 0 Å². The first kappa shape index (κ1) is 17.1. The lowest BCUT2D eigenvalue weighted by Crippen LogP contribution is -2.26. The van der Waals surface area contributed by atoms with Crippen molar-refractivity contribution in [2.75, 3.05) is 32.1 Å². The van der Waals surface area contributed by atoms with Crippen LogP contribution in [-0.4, -0.2) is 48.0 Å². The van der Waals surface area contributed by atoms with Gasteiger partial charge in [0.2, 0.25) is 5.91 Å². The fourth-order valence-electron chi connectivity index (χ4n) is 3.09. The maximum atomic E-state index is 12.4. The molecule has 1 fully saturated rings. The van der Waals surface area contributed by atoms with Crippen LogP contribution >= 0.6 is 0 Å². The highest BCUT2D eigenvalue weighted by Crippen LogP contribution is 2.28. The third-order valence-corrected chi connectivity index (χ3v) is 4.50. The molecule has 3 heterocycles. The van der Waals surface area contributed by atoms with Crippen molar-refractivity contribution in [1.82, 2.24) is 14.9 Å². The molecule has 1 unspecified atom stereocenters. The zero-order valence-corrected chi connectivity index (χ0v) is 15.0. The van der Waals surface area contributed by atoms with Crippen LogP contribution in [0.1, 0.15) is 29.3 Å². The highest BCUT2D eigenvalue weighted by atomic mass is 16.2. The predicted octanol–water partition coefficient (Wildman–Crippen LogP) is 2.88. The molecule has 1 amide bonds. The topological polar surface area (TPSA) is 49.3 Å². The summed E-state index contributed by atoms with van der Waals surface area (Å²) in [6.45, 7) is 3.51. The molecule has 0 aliphatic carbocycles. The van der Waals surface area contributed by atoms with Crippen molar-refractivity contribution in [2.24, 2.45) is 0 Å². The van der Waals surface area contributed by atoms with Crippen LogP contribution in [0.5, 0.6) is 0 Å². The van der Waals surface area contributed by atoms with Crippen molar-refractivity contribution in [1.29, 1.82) is 0 Å². The van der Waals surface area contributed by atoms with Gasteiger partial charge in [-0.3, -0.25) is 14.8 Å². The largest absolute Gasteiger partial charge is 0.378 e. The van der Waals surface area contributed by atoms with E-state index >= 15 is 0 Å². The summed E-state index contributed by atoms with van der Waals surface area (Å²) >= 11 is 0. The van der Waals surface area contributed by atoms with Crippen LogP contribution in [0.2, 0.25) is 0 Å². The molecule has 0 N–H and O–H groups in total. The normalized spacial score (nSPS) is 17.2. The quantitative estimate of drug-likeness (QED) is 0.806. The van der Waals surface area contributed by atoms with Crippen molar-refractivity contribution < 1.29 is 4.79 Å². The monoisotopic (exact) mass is 336 g/mol. The van der Waals surface area contributed by atoms with Gasteiger partial charge in [-0.25, -0.2) is 0 Å². The Balaban J connectivity index is 1.67. The fourth-order valence-corrected chi connectivity index (χ4v) is 3.09. The number of nitrogens with zero attached hydrogens (tertiary/aromatic N) is 4. The number of aryl methyl sites for hydroxylation is 1. The van der Waals surface area contributed by atoms with E-state index in [1.54, 1.807) is 18.5 Å². The van der Waals surface area contributed by atoms with Crippen molar-refractivity contribution in [3.05, 3.63) is 59.7 Å². The number of rotatable bonds is 4. The second-order valence-electron chi connectivity index (χ2n) is 6.68. The van der Waals surface area contributed by atoms with Crippen LogP contribution in [0.25, 0.3) is 6.08 Å². The van der Waals surface area contributed by atoms with Gasteiger partial charge in [-0.2, -0.15) is 0 Å². The van der Waals surface area contributed by atoms with Crippen LogP contribution in [-0.2, 0) is 4.79 Å². The minimum absolute atomic E-state index is 0.0480. The molecule has 1 aliphatic heterocycles. The first-order valence-electron chi connectivity index (χ1n) is 8.56. The number of amides is 1. The van der Waals surface area contributed by atoms with Gasteiger partial charge in [0.05, 0.1) is 0 Å². The highest BCUT2D eigenvalue weighted by Gasteiger charge is 2.27. The Kier molecular flexibility index (Phi) is 5.12. The molecule has 0 radical (unpaired) electrons. The molecule has 5 heteroatoms. The molecular weight excluding hydrogens is 312 g/mol. The molecule has 0 bridgehead atoms. The van der Waals surface area contributed by atoms with Gasteiger partial charge in [-0.1, -0.05) is 6.07 Å². The van der Waals surface area contributed by atoms with E-state index < -0.39 is 0 Å². The van der Waals surface area contributed by atoms with E-state index in [-0.39, 0.29) is 5.91 Å². The van der Waals surface area contributed by atoms with Gasteiger partial charge in [-0.05, 0) is 43.2 Å². The van der Waals surface area contributed by atoms with E-state index in [4.69, 9.17) is 4.98 Å². The molecule has 5 nitrogen and oxygen atoms in total. The number of anilines is 1. The molecule has 2 aromatic rings. The lowest BCUT2D eigenvalue weighted by atomic mass is 10.0. The molecule has 3 rings (SSSR count). The van der Waals surface area contributed by atoms with Crippen LogP contribution in [0.15, 0.2) is 42.7 Å². The smallest absolute Gasteiger partial charge is 0.246 e. The summed E-state index contributed by atoms with van der Waals surface area (Å²) < 4.78 is 0. The van der Waals surface area contributed by atoms with Crippen LogP contribution < -0.4 is 4.90 Å². The number of pyridine rings is 2. The maximum Gasteiger partial charge on any atom is 0.246 e. The molecule has 1 aliphatic rings. The first-order valence-corrected chi connectivity index (χ1v) is 8.56. The minimum Gasteiger partial charge on any atom is -0.378 e. The van der Waals surface area contributed by atoms with E-state index in [0.717, 1.165) is 42.1 Å². The molecule has 1 atom stereocenters. The zero-order valence-electron chi connectivity index (χ0n) is 15.0. The summed E-state index contributed by atoms with van der Waals surface area (Å²) in [5.41, 5.74) is 4.18. The van der Waals surface area contributed by atoms with Crippen LogP contribution in [0.4, 0.5) is 5.69 Å². The second-order valence-corrected chi connectivity index (χ2v) is 6.68. The maximum absolute atomic E-state index is 12.4. The molecule has 0 spiro atoms. The van der Waals surface area contributed by atoms with Crippen molar-refractivity contribution in [3.8, 4) is 0 Å². The Bertz CT molecular complexity index is 771. The third-order valence-electron chi connectivity index (χ3n) is 4.50. The van der Waals surface area contributed by atoms with E-state index in [1.807, 2.05) is 44.1 Å². The summed E-state index contributed by atoms with van der Waals surface area (Å²) in [5, 5.41) is 0. The van der Waals surface area contributed by atoms with Crippen LogP contribution in [0.3, 0.4) is 0 Å². The molecule has 1 saturated heterocycles.